The lowest BCUT2D eigenvalue weighted by Crippen LogP contribution is -2.28. The van der Waals surface area contributed by atoms with Crippen LogP contribution in [0, 0.1) is 11.2 Å². The predicted octanol–water partition coefficient (Wildman–Crippen LogP) is 5.96. The van der Waals surface area contributed by atoms with Crippen LogP contribution < -0.4 is 10.5 Å². The third-order valence-corrected chi connectivity index (χ3v) is 7.24. The lowest BCUT2D eigenvalue weighted by atomic mass is 9.84. The number of rotatable bonds is 9. The van der Waals surface area contributed by atoms with Crippen molar-refractivity contribution in [2.24, 2.45) is 0 Å². The van der Waals surface area contributed by atoms with Gasteiger partial charge in [-0.25, -0.2) is 14.2 Å². The van der Waals surface area contributed by atoms with E-state index in [1.54, 1.807) is 25.3 Å². The van der Waals surface area contributed by atoms with Crippen molar-refractivity contribution in [3.05, 3.63) is 71.3 Å². The number of carbonyl (C=O) groups is 1. The fourth-order valence-electron chi connectivity index (χ4n) is 5.18. The first-order valence-electron chi connectivity index (χ1n) is 12.8. The molecule has 0 amide bonds. The topological polar surface area (TPSA) is 123 Å². The van der Waals surface area contributed by atoms with E-state index in [4.69, 9.17) is 20.6 Å². The number of hydrogen-bond acceptors (Lipinski definition) is 6. The zero-order chi connectivity index (χ0) is 27.9. The molecule has 0 spiro atoms. The summed E-state index contributed by atoms with van der Waals surface area (Å²) in [6.45, 7) is 4.44. The zero-order valence-corrected chi connectivity index (χ0v) is 22.1. The van der Waals surface area contributed by atoms with Crippen molar-refractivity contribution in [2.45, 2.75) is 44.6 Å². The molecule has 4 aromatic rings. The molecule has 1 fully saturated rings. The number of aromatic nitrogens is 2. The number of methoxy groups -OCH3 is 1. The third kappa shape index (κ3) is 4.74. The van der Waals surface area contributed by atoms with Gasteiger partial charge in [0.15, 0.2) is 5.69 Å². The largest absolute Gasteiger partial charge is 0.477 e. The molecule has 0 atom stereocenters. The number of nitrogens with two attached hydrogens (primary N) is 1. The summed E-state index contributed by atoms with van der Waals surface area (Å²) in [4.78, 5) is 16.2. The SMILES string of the molecule is COCC(C)(C)c1c(-c2ccc(C(=O)O)nc2OC2CCC2)c2cc(N)c(C=N)cc2n1-c1ccc(F)cc1. The van der Waals surface area contributed by atoms with Crippen molar-refractivity contribution in [2.75, 3.05) is 19.5 Å². The molecule has 202 valence electrons. The minimum atomic E-state index is -1.14. The highest BCUT2D eigenvalue weighted by molar-refractivity contribution is 6.05. The van der Waals surface area contributed by atoms with Crippen LogP contribution in [0.5, 0.6) is 5.88 Å². The Morgan fingerprint density at radius 2 is 1.95 bits per heavy atom. The minimum Gasteiger partial charge on any atom is -0.477 e. The average Bonchev–Trinajstić information content (AvgIpc) is 3.20. The van der Waals surface area contributed by atoms with Gasteiger partial charge in [-0.3, -0.25) is 0 Å². The van der Waals surface area contributed by atoms with Gasteiger partial charge in [0.1, 0.15) is 11.9 Å². The molecule has 2 aromatic heterocycles. The molecule has 2 aromatic carbocycles. The van der Waals surface area contributed by atoms with Crippen LogP contribution in [0.2, 0.25) is 0 Å². The van der Waals surface area contributed by atoms with Gasteiger partial charge in [0.2, 0.25) is 5.88 Å². The second-order valence-electron chi connectivity index (χ2n) is 10.5. The first-order valence-corrected chi connectivity index (χ1v) is 12.8. The number of ether oxygens (including phenoxy) is 2. The zero-order valence-electron chi connectivity index (χ0n) is 22.1. The van der Waals surface area contributed by atoms with Gasteiger partial charge in [0, 0.05) is 57.9 Å². The maximum Gasteiger partial charge on any atom is 0.354 e. The summed E-state index contributed by atoms with van der Waals surface area (Å²) in [5, 5.41) is 18.3. The number of fused-ring (bicyclic) bond motifs is 1. The summed E-state index contributed by atoms with van der Waals surface area (Å²) in [6.07, 6.45) is 3.93. The van der Waals surface area contributed by atoms with E-state index >= 15 is 0 Å². The number of benzene rings is 2. The van der Waals surface area contributed by atoms with Crippen LogP contribution in [-0.4, -0.2) is 46.7 Å². The van der Waals surface area contributed by atoms with Gasteiger partial charge in [-0.15, -0.1) is 0 Å². The number of hydrogen-bond donors (Lipinski definition) is 3. The molecule has 0 aliphatic heterocycles. The van der Waals surface area contributed by atoms with Crippen LogP contribution in [0.25, 0.3) is 27.7 Å². The van der Waals surface area contributed by atoms with E-state index in [0.29, 0.717) is 29.1 Å². The highest BCUT2D eigenvalue weighted by Gasteiger charge is 2.34. The fraction of sp³-hybridized carbons (Fsp3) is 0.300. The Morgan fingerprint density at radius 1 is 1.23 bits per heavy atom. The summed E-state index contributed by atoms with van der Waals surface area (Å²) >= 11 is 0. The molecule has 0 radical (unpaired) electrons. The molecule has 0 saturated heterocycles. The van der Waals surface area contributed by atoms with Gasteiger partial charge >= 0.3 is 5.97 Å². The number of pyridine rings is 1. The summed E-state index contributed by atoms with van der Waals surface area (Å²) in [5.41, 5.74) is 10.3. The Bertz CT molecular complexity index is 1570. The summed E-state index contributed by atoms with van der Waals surface area (Å²) in [6, 6.07) is 13.0. The molecule has 1 aliphatic carbocycles. The van der Waals surface area contributed by atoms with E-state index in [1.807, 2.05) is 30.5 Å². The fourth-order valence-corrected chi connectivity index (χ4v) is 5.18. The molecule has 1 saturated carbocycles. The Morgan fingerprint density at radius 3 is 2.54 bits per heavy atom. The van der Waals surface area contributed by atoms with Crippen LogP contribution in [0.1, 0.15) is 54.9 Å². The van der Waals surface area contributed by atoms with Gasteiger partial charge in [-0.2, -0.15) is 0 Å². The minimum absolute atomic E-state index is 0.0456. The van der Waals surface area contributed by atoms with Crippen molar-refractivity contribution in [1.82, 2.24) is 9.55 Å². The Labute approximate surface area is 225 Å². The third-order valence-electron chi connectivity index (χ3n) is 7.24. The highest BCUT2D eigenvalue weighted by atomic mass is 19.1. The van der Waals surface area contributed by atoms with Gasteiger partial charge in [0.25, 0.3) is 0 Å². The number of anilines is 1. The Kier molecular flexibility index (Phi) is 6.86. The standard InChI is InChI=1S/C30H31FN4O4/c1-30(2,16-38-3)27-26(21-11-12-24(29(36)37)34-28(21)39-20-5-4-6-20)22-14-23(33)17(15-32)13-25(22)35(27)19-9-7-18(31)8-10-19/h7-15,20,32H,4-6,16,33H2,1-3H3,(H,36,37). The van der Waals surface area contributed by atoms with Crippen LogP contribution in [0.15, 0.2) is 48.5 Å². The van der Waals surface area contributed by atoms with Crippen molar-refractivity contribution in [3.8, 4) is 22.7 Å². The normalized spacial score (nSPS) is 13.8. The first kappa shape index (κ1) is 26.4. The van der Waals surface area contributed by atoms with Crippen LogP contribution in [0.3, 0.4) is 0 Å². The number of carboxylic acids is 1. The molecule has 0 unspecified atom stereocenters. The number of nitrogens with zero attached hydrogens (tertiary/aromatic N) is 2. The molecule has 8 nitrogen and oxygen atoms in total. The van der Waals surface area contributed by atoms with Crippen molar-refractivity contribution < 1.29 is 23.8 Å². The molecule has 9 heteroatoms. The Hall–Kier alpha value is -4.24. The summed E-state index contributed by atoms with van der Waals surface area (Å²) in [7, 11) is 1.63. The highest BCUT2D eigenvalue weighted by Crippen LogP contribution is 2.47. The van der Waals surface area contributed by atoms with E-state index in [2.05, 4.69) is 4.98 Å². The van der Waals surface area contributed by atoms with E-state index in [1.165, 1.54) is 24.4 Å². The monoisotopic (exact) mass is 530 g/mol. The Balaban J connectivity index is 1.93. The quantitative estimate of drug-likeness (QED) is 0.181. The van der Waals surface area contributed by atoms with E-state index in [-0.39, 0.29) is 23.5 Å². The van der Waals surface area contributed by atoms with E-state index < -0.39 is 11.4 Å². The average molecular weight is 531 g/mol. The van der Waals surface area contributed by atoms with Gasteiger partial charge in [-0.1, -0.05) is 13.8 Å². The lowest BCUT2D eigenvalue weighted by Gasteiger charge is -2.30. The molecule has 4 N–H and O–H groups in total. The van der Waals surface area contributed by atoms with Crippen molar-refractivity contribution in [1.29, 1.82) is 5.41 Å². The number of nitrogens with one attached hydrogen (secondary N) is 1. The molecule has 5 rings (SSSR count). The smallest absolute Gasteiger partial charge is 0.354 e. The molecular weight excluding hydrogens is 499 g/mol. The number of nitrogen functional groups attached to an aromatic ring is 1. The molecule has 1 aliphatic rings. The number of aromatic carboxylic acids is 1. The second-order valence-corrected chi connectivity index (χ2v) is 10.5. The van der Waals surface area contributed by atoms with Gasteiger partial charge < -0.3 is 30.3 Å². The lowest BCUT2D eigenvalue weighted by molar-refractivity contribution is 0.0685. The first-order chi connectivity index (χ1) is 18.6. The van der Waals surface area contributed by atoms with Crippen molar-refractivity contribution >= 4 is 28.8 Å². The molecule has 0 bridgehead atoms. The second kappa shape index (κ2) is 10.1. The number of halogens is 1. The maximum absolute atomic E-state index is 14.0. The van der Waals surface area contributed by atoms with Crippen LogP contribution in [-0.2, 0) is 10.2 Å². The molecule has 2 heterocycles. The van der Waals surface area contributed by atoms with Crippen LogP contribution in [0.4, 0.5) is 10.1 Å². The predicted molar refractivity (Wildman–Crippen MR) is 149 cm³/mol. The maximum atomic E-state index is 14.0. The van der Waals surface area contributed by atoms with Gasteiger partial charge in [-0.05, 0) is 67.8 Å². The summed E-state index contributed by atoms with van der Waals surface area (Å²) < 4.78 is 27.9. The summed E-state index contributed by atoms with van der Waals surface area (Å²) in [5.74, 6) is -1.27. The van der Waals surface area contributed by atoms with Crippen LogP contribution >= 0.6 is 0 Å². The van der Waals surface area contributed by atoms with E-state index in [9.17, 15) is 14.3 Å². The number of carboxylic acid groups (broad SMARTS) is 1. The van der Waals surface area contributed by atoms with E-state index in [0.717, 1.165) is 41.4 Å². The van der Waals surface area contributed by atoms with Gasteiger partial charge in [0.05, 0.1) is 12.1 Å². The molecule has 39 heavy (non-hydrogen) atoms. The van der Waals surface area contributed by atoms with Crippen molar-refractivity contribution in [3.63, 3.8) is 0 Å². The molecular formula is C30H31FN4O4.